The molecule has 0 aromatic carbocycles. The van der Waals surface area contributed by atoms with E-state index in [1.54, 1.807) is 30.8 Å². The fourth-order valence-electron chi connectivity index (χ4n) is 3.10. The molecule has 22 heavy (non-hydrogen) atoms. The van der Waals surface area contributed by atoms with Crippen LogP contribution in [0.4, 0.5) is 0 Å². The number of morpholine rings is 1. The molecule has 2 fully saturated rings. The maximum absolute atomic E-state index is 12.4. The number of nitrogens with zero attached hydrogens (tertiary/aromatic N) is 3. The number of pyridine rings is 1. The summed E-state index contributed by atoms with van der Waals surface area (Å²) in [5, 5.41) is 0. The quantitative estimate of drug-likeness (QED) is 0.805. The van der Waals surface area contributed by atoms with Crippen molar-refractivity contribution in [2.24, 2.45) is 0 Å². The highest BCUT2D eigenvalue weighted by Crippen LogP contribution is 2.34. The van der Waals surface area contributed by atoms with Crippen molar-refractivity contribution in [2.45, 2.75) is 31.1 Å². The lowest BCUT2D eigenvalue weighted by molar-refractivity contribution is -0.0670. The smallest absolute Gasteiger partial charge is 0.281 e. The van der Waals surface area contributed by atoms with Crippen LogP contribution in [-0.4, -0.2) is 67.5 Å². The molecule has 8 heteroatoms. The van der Waals surface area contributed by atoms with Gasteiger partial charge >= 0.3 is 0 Å². The summed E-state index contributed by atoms with van der Waals surface area (Å²) >= 11 is 0. The maximum Gasteiger partial charge on any atom is 0.281 e. The Labute approximate surface area is 131 Å². The van der Waals surface area contributed by atoms with Crippen LogP contribution in [0.2, 0.25) is 0 Å². The van der Waals surface area contributed by atoms with E-state index in [1.165, 1.54) is 4.31 Å². The summed E-state index contributed by atoms with van der Waals surface area (Å²) in [6, 6.07) is 3.49. The van der Waals surface area contributed by atoms with Gasteiger partial charge in [0.25, 0.3) is 10.2 Å². The number of hydrogen-bond acceptors (Lipinski definition) is 5. The van der Waals surface area contributed by atoms with E-state index < -0.39 is 10.2 Å². The molecule has 1 aromatic heterocycles. The Kier molecular flexibility index (Phi) is 4.35. The number of ether oxygens (including phenoxy) is 2. The molecule has 1 aliphatic heterocycles. The number of rotatable bonds is 4. The van der Waals surface area contributed by atoms with Crippen LogP contribution in [0.25, 0.3) is 0 Å². The molecule has 122 valence electrons. The molecule has 3 rings (SSSR count). The minimum atomic E-state index is -3.43. The van der Waals surface area contributed by atoms with Crippen LogP contribution in [0, 0.1) is 0 Å². The second kappa shape index (κ2) is 6.11. The van der Waals surface area contributed by atoms with Gasteiger partial charge in [0, 0.05) is 26.8 Å². The Morgan fingerprint density at radius 2 is 2.23 bits per heavy atom. The van der Waals surface area contributed by atoms with Gasteiger partial charge < -0.3 is 9.47 Å². The number of fused-ring (bicyclic) bond motifs is 1. The standard InChI is InChI=1S/C14H21N3O4S/c1-16(2)22(18,19)17-8-9-20-14-12(17)5-6-13(14)21-11-4-3-7-15-10-11/h3-4,7,10,12-14H,5-6,8-9H2,1-2H3/t12-,13+,14+/m0/s1. The molecular weight excluding hydrogens is 306 g/mol. The second-order valence-electron chi connectivity index (χ2n) is 5.73. The van der Waals surface area contributed by atoms with Gasteiger partial charge in [0.15, 0.2) is 0 Å². The molecule has 2 aliphatic rings. The maximum atomic E-state index is 12.4. The monoisotopic (exact) mass is 327 g/mol. The van der Waals surface area contributed by atoms with Crippen molar-refractivity contribution in [3.8, 4) is 5.75 Å². The summed E-state index contributed by atoms with van der Waals surface area (Å²) in [6.45, 7) is 0.780. The second-order valence-corrected chi connectivity index (χ2v) is 7.82. The zero-order valence-electron chi connectivity index (χ0n) is 12.8. The third kappa shape index (κ3) is 2.83. The van der Waals surface area contributed by atoms with Gasteiger partial charge in [-0.05, 0) is 25.0 Å². The molecule has 1 saturated heterocycles. The molecule has 1 aliphatic carbocycles. The molecule has 2 heterocycles. The van der Waals surface area contributed by atoms with E-state index in [0.717, 1.165) is 12.8 Å². The van der Waals surface area contributed by atoms with E-state index in [9.17, 15) is 8.42 Å². The van der Waals surface area contributed by atoms with Gasteiger partial charge in [-0.15, -0.1) is 0 Å². The molecule has 7 nitrogen and oxygen atoms in total. The van der Waals surface area contributed by atoms with Crippen LogP contribution < -0.4 is 4.74 Å². The van der Waals surface area contributed by atoms with Crippen molar-refractivity contribution < 1.29 is 17.9 Å². The summed E-state index contributed by atoms with van der Waals surface area (Å²) in [4.78, 5) is 4.03. The lowest BCUT2D eigenvalue weighted by Gasteiger charge is -2.39. The van der Waals surface area contributed by atoms with Gasteiger partial charge in [-0.2, -0.15) is 17.0 Å². The Bertz CT molecular complexity index is 608. The number of hydrogen-bond donors (Lipinski definition) is 0. The van der Waals surface area contributed by atoms with Gasteiger partial charge in [0.2, 0.25) is 0 Å². The predicted octanol–water partition coefficient (Wildman–Crippen LogP) is 0.499. The van der Waals surface area contributed by atoms with Gasteiger partial charge in [0.1, 0.15) is 18.0 Å². The van der Waals surface area contributed by atoms with Crippen molar-refractivity contribution >= 4 is 10.2 Å². The average Bonchev–Trinajstić information content (AvgIpc) is 2.91. The zero-order valence-corrected chi connectivity index (χ0v) is 13.6. The fraction of sp³-hybridized carbons (Fsp3) is 0.643. The predicted molar refractivity (Wildman–Crippen MR) is 80.7 cm³/mol. The number of aromatic nitrogens is 1. The van der Waals surface area contributed by atoms with Crippen molar-refractivity contribution in [1.29, 1.82) is 0 Å². The molecule has 0 amide bonds. The van der Waals surface area contributed by atoms with Crippen LogP contribution in [0.3, 0.4) is 0 Å². The first-order valence-electron chi connectivity index (χ1n) is 7.38. The van der Waals surface area contributed by atoms with Gasteiger partial charge in [0.05, 0.1) is 18.8 Å². The summed E-state index contributed by atoms with van der Waals surface area (Å²) < 4.78 is 39.4. The highest BCUT2D eigenvalue weighted by molar-refractivity contribution is 7.86. The van der Waals surface area contributed by atoms with E-state index in [4.69, 9.17) is 9.47 Å². The zero-order chi connectivity index (χ0) is 15.7. The first-order chi connectivity index (χ1) is 10.5. The van der Waals surface area contributed by atoms with Crippen molar-refractivity contribution in [3.05, 3.63) is 24.5 Å². The van der Waals surface area contributed by atoms with Crippen molar-refractivity contribution in [3.63, 3.8) is 0 Å². The Balaban J connectivity index is 1.76. The van der Waals surface area contributed by atoms with Gasteiger partial charge in [-0.25, -0.2) is 0 Å². The van der Waals surface area contributed by atoms with E-state index in [1.807, 2.05) is 12.1 Å². The molecule has 0 N–H and O–H groups in total. The lowest BCUT2D eigenvalue weighted by Crippen LogP contribution is -2.56. The van der Waals surface area contributed by atoms with E-state index in [0.29, 0.717) is 18.9 Å². The molecule has 1 saturated carbocycles. The Hall–Kier alpha value is -1.22. The largest absolute Gasteiger partial charge is 0.486 e. The molecule has 0 spiro atoms. The van der Waals surface area contributed by atoms with Crippen LogP contribution in [-0.2, 0) is 14.9 Å². The van der Waals surface area contributed by atoms with Crippen LogP contribution in [0.15, 0.2) is 24.5 Å². The topological polar surface area (TPSA) is 72.0 Å². The highest BCUT2D eigenvalue weighted by atomic mass is 32.2. The van der Waals surface area contributed by atoms with Crippen molar-refractivity contribution in [2.75, 3.05) is 27.2 Å². The van der Waals surface area contributed by atoms with Gasteiger partial charge in [-0.1, -0.05) is 0 Å². The lowest BCUT2D eigenvalue weighted by atomic mass is 10.1. The van der Waals surface area contributed by atoms with Crippen LogP contribution in [0.1, 0.15) is 12.8 Å². The highest BCUT2D eigenvalue weighted by Gasteiger charge is 2.48. The van der Waals surface area contributed by atoms with E-state index >= 15 is 0 Å². The summed E-state index contributed by atoms with van der Waals surface area (Å²) in [5.41, 5.74) is 0. The third-order valence-corrected chi connectivity index (χ3v) is 6.13. The third-order valence-electron chi connectivity index (χ3n) is 4.16. The van der Waals surface area contributed by atoms with Crippen LogP contribution >= 0.6 is 0 Å². The minimum absolute atomic E-state index is 0.144. The first kappa shape index (κ1) is 15.7. The van der Waals surface area contributed by atoms with Crippen molar-refractivity contribution in [1.82, 2.24) is 13.6 Å². The SMILES string of the molecule is CN(C)S(=O)(=O)N1CCO[C@H]2[C@H](Oc3cccnc3)CC[C@@H]21. The molecule has 1 aromatic rings. The van der Waals surface area contributed by atoms with E-state index in [-0.39, 0.29) is 18.2 Å². The Morgan fingerprint density at radius 3 is 2.91 bits per heavy atom. The van der Waals surface area contributed by atoms with E-state index in [2.05, 4.69) is 4.98 Å². The minimum Gasteiger partial charge on any atom is -0.486 e. The Morgan fingerprint density at radius 1 is 1.41 bits per heavy atom. The normalized spacial score (nSPS) is 29.5. The van der Waals surface area contributed by atoms with Crippen LogP contribution in [0.5, 0.6) is 5.75 Å². The molecule has 0 unspecified atom stereocenters. The summed E-state index contributed by atoms with van der Waals surface area (Å²) in [6.07, 6.45) is 4.47. The van der Waals surface area contributed by atoms with Gasteiger partial charge in [-0.3, -0.25) is 4.98 Å². The molecule has 0 bridgehead atoms. The average molecular weight is 327 g/mol. The molecule has 0 radical (unpaired) electrons. The summed E-state index contributed by atoms with van der Waals surface area (Å²) in [7, 11) is -0.324. The fourth-order valence-corrected chi connectivity index (χ4v) is 4.39. The molecular formula is C14H21N3O4S. The summed E-state index contributed by atoms with van der Waals surface area (Å²) in [5.74, 6) is 0.685. The first-order valence-corrected chi connectivity index (χ1v) is 8.77. The molecule has 3 atom stereocenters.